The number of alkyl halides is 3. The molecule has 2 aliphatic heterocycles. The molecule has 3 fully saturated rings. The quantitative estimate of drug-likeness (QED) is 0.217. The molecule has 0 bridgehead atoms. The van der Waals surface area contributed by atoms with Gasteiger partial charge in [0.05, 0.1) is 18.4 Å². The number of fused-ring (bicyclic) bond motifs is 3. The first kappa shape index (κ1) is 39.8. The second-order valence-electron chi connectivity index (χ2n) is 16.5. The number of amides is 4. The van der Waals surface area contributed by atoms with E-state index in [1.54, 1.807) is 25.1 Å². The number of benzene rings is 1. The molecule has 0 spiro atoms. The second-order valence-corrected chi connectivity index (χ2v) is 18.5. The van der Waals surface area contributed by atoms with Crippen LogP contribution in [0.3, 0.4) is 0 Å². The van der Waals surface area contributed by atoms with Gasteiger partial charge in [-0.25, -0.2) is 22.6 Å². The van der Waals surface area contributed by atoms with Crippen LogP contribution in [0, 0.1) is 23.6 Å². The smallest absolute Gasteiger partial charge is 0.427 e. The lowest BCUT2D eigenvalue weighted by atomic mass is 9.85. The highest BCUT2D eigenvalue weighted by molar-refractivity contribution is 7.91. The molecular formula is C40H51F4N5O9S. The summed E-state index contributed by atoms with van der Waals surface area (Å²) in [5, 5.41) is 5.72. The van der Waals surface area contributed by atoms with E-state index in [-0.39, 0.29) is 61.6 Å². The molecule has 19 heteroatoms. The fourth-order valence-electron chi connectivity index (χ4n) is 7.73. The highest BCUT2D eigenvalue weighted by Crippen LogP contribution is 2.48. The minimum absolute atomic E-state index is 0.0520. The van der Waals surface area contributed by atoms with Crippen LogP contribution in [0.2, 0.25) is 0 Å². The number of carbonyl (C=O) groups is 4. The van der Waals surface area contributed by atoms with Gasteiger partial charge in [0.15, 0.2) is 11.6 Å². The number of sulfonamides is 1. The van der Waals surface area contributed by atoms with Crippen molar-refractivity contribution in [3.05, 3.63) is 42.4 Å². The minimum Gasteiger partial charge on any atom is -0.494 e. The Labute approximate surface area is 344 Å². The standard InChI is InChI=1S/C40H51F4N5O9S/c1-7-23-16-22(2)10-8-9-11-25-20-39(25,35(52)48-59(54,55)38(5)13-14-38)47-32(50)29-18-26(57-33-27-19-28(41)30(56-6)17-24(27)12-15-45-33)21-49(29)34(51)31(23)46-36(53)58-37(3,4)40(42,43)44/h9,11-12,15,17,19,22-23,25-26,29,31H,7-8,10,13-14,16,18,20-21H2,1-6H3,(H,46,53)(H,47,50)(H,48,52)/b11-9-/t22-,23-,25-,26-,29+,31+,39-/m1/s1/i5D3. The molecule has 59 heavy (non-hydrogen) atoms. The van der Waals surface area contributed by atoms with Crippen LogP contribution < -0.4 is 24.8 Å². The Morgan fingerprint density at radius 3 is 2.54 bits per heavy atom. The molecule has 0 unspecified atom stereocenters. The van der Waals surface area contributed by atoms with Gasteiger partial charge in [0.2, 0.25) is 33.3 Å². The molecule has 1 aromatic heterocycles. The highest BCUT2D eigenvalue weighted by Gasteiger charge is 2.63. The number of allylic oxidation sites excluding steroid dienone is 1. The van der Waals surface area contributed by atoms with Crippen molar-refractivity contribution in [1.82, 2.24) is 25.2 Å². The summed E-state index contributed by atoms with van der Waals surface area (Å²) in [6, 6.07) is 1.12. The van der Waals surface area contributed by atoms with Gasteiger partial charge in [-0.05, 0) is 94.6 Å². The van der Waals surface area contributed by atoms with Gasteiger partial charge in [0.25, 0.3) is 5.91 Å². The average molecular weight is 857 g/mol. The van der Waals surface area contributed by atoms with Crippen LogP contribution in [-0.2, 0) is 29.1 Å². The molecule has 14 nitrogen and oxygen atoms in total. The van der Waals surface area contributed by atoms with E-state index < -0.39 is 98.6 Å². The van der Waals surface area contributed by atoms with Crippen LogP contribution in [0.4, 0.5) is 22.4 Å². The van der Waals surface area contributed by atoms with Gasteiger partial charge in [-0.1, -0.05) is 32.4 Å². The van der Waals surface area contributed by atoms with E-state index in [1.165, 1.54) is 19.4 Å². The van der Waals surface area contributed by atoms with Crippen molar-refractivity contribution in [2.75, 3.05) is 13.7 Å². The molecule has 0 radical (unpaired) electrons. The summed E-state index contributed by atoms with van der Waals surface area (Å²) in [6.07, 6.45) is -1.99. The second kappa shape index (κ2) is 16.1. The molecule has 1 saturated heterocycles. The van der Waals surface area contributed by atoms with Gasteiger partial charge in [0.1, 0.15) is 23.7 Å². The Kier molecular flexibility index (Phi) is 10.8. The molecule has 3 N–H and O–H groups in total. The van der Waals surface area contributed by atoms with E-state index >= 15 is 0 Å². The number of pyridine rings is 1. The van der Waals surface area contributed by atoms with Gasteiger partial charge >= 0.3 is 12.3 Å². The number of ether oxygens (including phenoxy) is 3. The Hall–Kier alpha value is -4.68. The number of halogens is 4. The maximum absolute atomic E-state index is 14.9. The lowest BCUT2D eigenvalue weighted by Crippen LogP contribution is -2.60. The zero-order valence-corrected chi connectivity index (χ0v) is 34.1. The van der Waals surface area contributed by atoms with Crippen LogP contribution in [0.5, 0.6) is 11.6 Å². The molecule has 7 atom stereocenters. The normalized spacial score (nSPS) is 30.1. The number of aromatic nitrogens is 1. The number of carbonyl (C=O) groups excluding carboxylic acids is 4. The average Bonchev–Trinajstić information content (AvgIpc) is 4.09. The van der Waals surface area contributed by atoms with Crippen LogP contribution in [0.1, 0.15) is 90.0 Å². The molecule has 2 aliphatic carbocycles. The summed E-state index contributed by atoms with van der Waals surface area (Å²) in [6.45, 7) is 1.62. The predicted octanol–water partition coefficient (Wildman–Crippen LogP) is 5.44. The highest BCUT2D eigenvalue weighted by atomic mass is 32.2. The Morgan fingerprint density at radius 2 is 1.90 bits per heavy atom. The summed E-state index contributed by atoms with van der Waals surface area (Å²) in [5.74, 6) is -5.39. The SMILES string of the molecule is [2H]C([2H])([2H])C1(S(=O)(=O)NC(=O)[C@@]23C[C@H]2/C=C\CC[C@@H](C)C[C@@H](CC)[C@H](NC(=O)OC(C)(C)C(F)(F)F)C(=O)N2C[C@H](Oc4nccc5cc(OC)c(F)cc45)C[C@H]2C(=O)N3)CC1. The zero-order valence-electron chi connectivity index (χ0n) is 36.3. The van der Waals surface area contributed by atoms with Crippen LogP contribution in [-0.4, -0.2) is 96.0 Å². The Morgan fingerprint density at radius 1 is 1.17 bits per heavy atom. The molecule has 4 amide bonds. The lowest BCUT2D eigenvalue weighted by Gasteiger charge is -2.35. The Balaban J connectivity index is 1.38. The van der Waals surface area contributed by atoms with E-state index in [1.807, 2.05) is 11.6 Å². The maximum atomic E-state index is 14.9. The monoisotopic (exact) mass is 856 g/mol. The fraction of sp³-hybridized carbons (Fsp3) is 0.625. The van der Waals surface area contributed by atoms with Gasteiger partial charge < -0.3 is 29.7 Å². The number of nitrogens with zero attached hydrogens (tertiary/aromatic N) is 2. The van der Waals surface area contributed by atoms with Gasteiger partial charge in [-0.3, -0.25) is 19.1 Å². The molecule has 1 aromatic carbocycles. The van der Waals surface area contributed by atoms with Crippen molar-refractivity contribution in [3.63, 3.8) is 0 Å². The maximum Gasteiger partial charge on any atom is 0.427 e. The topological polar surface area (TPSA) is 182 Å². The summed E-state index contributed by atoms with van der Waals surface area (Å²) in [4.78, 5) is 62.2. The molecule has 3 heterocycles. The molecular weight excluding hydrogens is 803 g/mol. The third-order valence-electron chi connectivity index (χ3n) is 11.8. The van der Waals surface area contributed by atoms with Crippen molar-refractivity contribution >= 4 is 44.6 Å². The zero-order chi connectivity index (χ0) is 45.8. The number of alkyl carbamates (subject to hydrolysis) is 1. The molecule has 2 aromatic rings. The number of methoxy groups -OCH3 is 1. The van der Waals surface area contributed by atoms with Crippen LogP contribution >= 0.6 is 0 Å². The van der Waals surface area contributed by atoms with Gasteiger partial charge in [0, 0.05) is 28.0 Å². The van der Waals surface area contributed by atoms with Gasteiger partial charge in [-0.15, -0.1) is 0 Å². The fourth-order valence-corrected chi connectivity index (χ4v) is 8.99. The van der Waals surface area contributed by atoms with E-state index in [4.69, 9.17) is 18.3 Å². The number of rotatable bonds is 9. The summed E-state index contributed by atoms with van der Waals surface area (Å²) < 4.78 is 123. The third-order valence-corrected chi connectivity index (χ3v) is 13.7. The first-order valence-electron chi connectivity index (χ1n) is 21.0. The van der Waals surface area contributed by atoms with Crippen LogP contribution in [0.15, 0.2) is 36.5 Å². The van der Waals surface area contributed by atoms with Gasteiger partial charge in [-0.2, -0.15) is 13.2 Å². The number of hydrogen-bond acceptors (Lipinski definition) is 10. The van der Waals surface area contributed by atoms with E-state index in [2.05, 4.69) is 15.6 Å². The Bertz CT molecular complexity index is 2240. The number of nitrogens with one attached hydrogen (secondary N) is 3. The number of hydrogen-bond donors (Lipinski definition) is 3. The van der Waals surface area contributed by atoms with Crippen molar-refractivity contribution in [2.45, 2.75) is 126 Å². The minimum atomic E-state index is -4.97. The first-order valence-corrected chi connectivity index (χ1v) is 21.0. The largest absolute Gasteiger partial charge is 0.494 e. The third kappa shape index (κ3) is 8.94. The first-order chi connectivity index (χ1) is 28.8. The molecule has 2 saturated carbocycles. The van der Waals surface area contributed by atoms with Crippen LogP contribution in [0.25, 0.3) is 10.8 Å². The molecule has 4 aliphatic rings. The molecule has 6 rings (SSSR count). The van der Waals surface area contributed by atoms with Crippen molar-refractivity contribution in [3.8, 4) is 11.6 Å². The summed E-state index contributed by atoms with van der Waals surface area (Å²) in [5.41, 5.74) is -4.84. The van der Waals surface area contributed by atoms with E-state index in [0.717, 1.165) is 11.0 Å². The summed E-state index contributed by atoms with van der Waals surface area (Å²) >= 11 is 0. The lowest BCUT2D eigenvalue weighted by molar-refractivity contribution is -0.244. The van der Waals surface area contributed by atoms with Crippen molar-refractivity contribution in [2.24, 2.45) is 17.8 Å². The molecule has 324 valence electrons. The van der Waals surface area contributed by atoms with Crippen molar-refractivity contribution in [1.29, 1.82) is 0 Å². The van der Waals surface area contributed by atoms with E-state index in [0.29, 0.717) is 38.5 Å². The van der Waals surface area contributed by atoms with Crippen molar-refractivity contribution < 1.29 is 63.5 Å². The van der Waals surface area contributed by atoms with E-state index in [9.17, 15) is 45.2 Å². The summed E-state index contributed by atoms with van der Waals surface area (Å²) in [7, 11) is -3.50. The predicted molar refractivity (Wildman–Crippen MR) is 206 cm³/mol.